The molecule has 0 heterocycles. The van der Waals surface area contributed by atoms with Crippen molar-refractivity contribution in [2.24, 2.45) is 11.3 Å². The van der Waals surface area contributed by atoms with Crippen LogP contribution in [0.2, 0.25) is 0 Å². The van der Waals surface area contributed by atoms with Crippen LogP contribution in [-0.4, -0.2) is 0 Å². The average Bonchev–Trinajstić information content (AvgIpc) is 2.53. The van der Waals surface area contributed by atoms with Crippen molar-refractivity contribution in [3.8, 4) is 12.1 Å². The van der Waals surface area contributed by atoms with Crippen molar-refractivity contribution < 1.29 is 0 Å². The molecule has 2 heteroatoms. The highest BCUT2D eigenvalue weighted by Gasteiger charge is 2.37. The monoisotopic (exact) mass is 194 g/mol. The van der Waals surface area contributed by atoms with Crippen LogP contribution in [0.15, 0.2) is 0 Å². The van der Waals surface area contributed by atoms with Gasteiger partial charge in [-0.05, 0) is 25.2 Å². The van der Waals surface area contributed by atoms with Crippen molar-refractivity contribution in [3.05, 3.63) is 0 Å². The van der Waals surface area contributed by atoms with E-state index < -0.39 is 0 Å². The van der Waals surface area contributed by atoms with Crippen molar-refractivity contribution in [2.75, 3.05) is 0 Å². The van der Waals surface area contributed by atoms with Crippen LogP contribution in [0.3, 0.4) is 0 Å². The lowest BCUT2D eigenvalue weighted by molar-refractivity contribution is 0.403. The van der Waals surface area contributed by atoms with Gasteiger partial charge in [-0.2, -0.15) is 10.5 Å². The Morgan fingerprint density at radius 3 is 2.21 bits per heavy atom. The van der Waals surface area contributed by atoms with E-state index in [1.54, 1.807) is 0 Å². The van der Waals surface area contributed by atoms with E-state index in [-0.39, 0.29) is 12.8 Å². The molecule has 0 N–H and O–H groups in total. The zero-order valence-electron chi connectivity index (χ0n) is 8.80. The topological polar surface area (TPSA) is 47.6 Å². The number of hydrogen-bond acceptors (Lipinski definition) is 2. The fourth-order valence-corrected chi connectivity index (χ4v) is 1.85. The number of nitriles is 2. The minimum absolute atomic E-state index is 0. The van der Waals surface area contributed by atoms with Gasteiger partial charge < -0.3 is 0 Å². The maximum atomic E-state index is 8.86. The lowest BCUT2D eigenvalue weighted by atomic mass is 9.84. The Morgan fingerprint density at radius 1 is 1.36 bits per heavy atom. The minimum atomic E-state index is -0.297. The Morgan fingerprint density at radius 2 is 1.93 bits per heavy atom. The summed E-state index contributed by atoms with van der Waals surface area (Å²) in [6, 6.07) is 4.39. The summed E-state index contributed by atoms with van der Waals surface area (Å²) in [7, 11) is 0. The Kier molecular flexibility index (Phi) is 8.16. The van der Waals surface area contributed by atoms with Crippen LogP contribution < -0.4 is 0 Å². The van der Waals surface area contributed by atoms with Gasteiger partial charge in [-0.3, -0.25) is 0 Å². The second kappa shape index (κ2) is 7.39. The van der Waals surface area contributed by atoms with Gasteiger partial charge in [-0.25, -0.2) is 0 Å². The molecule has 14 heavy (non-hydrogen) atoms. The molecule has 1 rings (SSSR count). The first-order valence-electron chi connectivity index (χ1n) is 5.01. The predicted octanol–water partition coefficient (Wildman–Crippen LogP) is 3.89. The molecule has 0 bridgehead atoms. The SMILES string of the molecule is C.CC.CC1CCC(C#N)(CC#N)C1. The van der Waals surface area contributed by atoms with Gasteiger partial charge in [0.2, 0.25) is 0 Å². The van der Waals surface area contributed by atoms with Crippen LogP contribution in [0.5, 0.6) is 0 Å². The lowest BCUT2D eigenvalue weighted by Gasteiger charge is -2.15. The molecule has 0 aromatic heterocycles. The summed E-state index contributed by atoms with van der Waals surface area (Å²) >= 11 is 0. The van der Waals surface area contributed by atoms with Crippen molar-refractivity contribution in [3.63, 3.8) is 0 Å². The van der Waals surface area contributed by atoms with E-state index in [0.717, 1.165) is 19.3 Å². The Balaban J connectivity index is 0. The molecule has 0 saturated heterocycles. The molecule has 2 nitrogen and oxygen atoms in total. The average molecular weight is 194 g/mol. The van der Waals surface area contributed by atoms with Gasteiger partial charge in [-0.1, -0.05) is 28.2 Å². The first kappa shape index (κ1) is 15.5. The van der Waals surface area contributed by atoms with Gasteiger partial charge in [0.05, 0.1) is 24.0 Å². The Hall–Kier alpha value is -1.02. The van der Waals surface area contributed by atoms with E-state index in [2.05, 4.69) is 19.1 Å². The van der Waals surface area contributed by atoms with E-state index in [0.29, 0.717) is 12.3 Å². The molecule has 1 saturated carbocycles. The zero-order valence-corrected chi connectivity index (χ0v) is 8.80. The molecule has 1 aliphatic carbocycles. The molecule has 1 fully saturated rings. The summed E-state index contributed by atoms with van der Waals surface area (Å²) in [6.07, 6.45) is 3.35. The predicted molar refractivity (Wildman–Crippen MR) is 59.4 cm³/mol. The van der Waals surface area contributed by atoms with Crippen LogP contribution >= 0.6 is 0 Å². The summed E-state index contributed by atoms with van der Waals surface area (Å²) in [5.41, 5.74) is -0.297. The Labute approximate surface area is 88.5 Å². The third kappa shape index (κ3) is 3.79. The van der Waals surface area contributed by atoms with E-state index in [1.165, 1.54) is 0 Å². The summed E-state index contributed by atoms with van der Waals surface area (Å²) in [4.78, 5) is 0. The van der Waals surface area contributed by atoms with Gasteiger partial charge in [0.25, 0.3) is 0 Å². The minimum Gasteiger partial charge on any atom is -0.198 e. The molecule has 2 unspecified atom stereocenters. The van der Waals surface area contributed by atoms with E-state index in [9.17, 15) is 0 Å². The molecule has 0 aliphatic heterocycles. The summed E-state index contributed by atoms with van der Waals surface area (Å²) in [5.74, 6) is 0.628. The highest BCUT2D eigenvalue weighted by atomic mass is 14.4. The Bertz CT molecular complexity index is 221. The number of nitrogens with zero attached hydrogens (tertiary/aromatic N) is 2. The van der Waals surface area contributed by atoms with Gasteiger partial charge in [-0.15, -0.1) is 0 Å². The van der Waals surface area contributed by atoms with Crippen molar-refractivity contribution in [1.82, 2.24) is 0 Å². The molecule has 0 spiro atoms. The number of rotatable bonds is 1. The third-order valence-electron chi connectivity index (χ3n) is 2.51. The normalized spacial score (nSPS) is 28.8. The van der Waals surface area contributed by atoms with E-state index in [1.807, 2.05) is 13.8 Å². The molecular formula is C12H22N2. The van der Waals surface area contributed by atoms with Crippen molar-refractivity contribution in [1.29, 1.82) is 10.5 Å². The number of hydrogen-bond donors (Lipinski definition) is 0. The fourth-order valence-electron chi connectivity index (χ4n) is 1.85. The van der Waals surface area contributed by atoms with Gasteiger partial charge in [0, 0.05) is 0 Å². The van der Waals surface area contributed by atoms with E-state index in [4.69, 9.17) is 10.5 Å². The lowest BCUT2D eigenvalue weighted by Crippen LogP contribution is -2.12. The highest BCUT2D eigenvalue weighted by Crippen LogP contribution is 2.43. The molecule has 0 aromatic rings. The van der Waals surface area contributed by atoms with Crippen molar-refractivity contribution >= 4 is 0 Å². The van der Waals surface area contributed by atoms with Gasteiger partial charge in [0.1, 0.15) is 0 Å². The molecule has 0 aromatic carbocycles. The van der Waals surface area contributed by atoms with Crippen LogP contribution in [-0.2, 0) is 0 Å². The molecular weight excluding hydrogens is 172 g/mol. The van der Waals surface area contributed by atoms with Crippen LogP contribution in [0, 0.1) is 34.0 Å². The van der Waals surface area contributed by atoms with Crippen LogP contribution in [0.4, 0.5) is 0 Å². The quantitative estimate of drug-likeness (QED) is 0.635. The smallest absolute Gasteiger partial charge is 0.0706 e. The first-order valence-corrected chi connectivity index (χ1v) is 5.01. The van der Waals surface area contributed by atoms with Crippen LogP contribution in [0.25, 0.3) is 0 Å². The van der Waals surface area contributed by atoms with E-state index >= 15 is 0 Å². The summed E-state index contributed by atoms with van der Waals surface area (Å²) < 4.78 is 0. The first-order chi connectivity index (χ1) is 6.22. The second-order valence-corrected chi connectivity index (χ2v) is 3.57. The second-order valence-electron chi connectivity index (χ2n) is 3.57. The molecule has 0 radical (unpaired) electrons. The zero-order chi connectivity index (χ0) is 10.3. The largest absolute Gasteiger partial charge is 0.198 e. The maximum absolute atomic E-state index is 8.86. The maximum Gasteiger partial charge on any atom is 0.0706 e. The summed E-state index contributed by atoms with van der Waals surface area (Å²) in [5, 5.41) is 17.4. The molecule has 2 atom stereocenters. The van der Waals surface area contributed by atoms with Crippen LogP contribution in [0.1, 0.15) is 53.9 Å². The molecule has 1 aliphatic rings. The molecule has 80 valence electrons. The highest BCUT2D eigenvalue weighted by molar-refractivity contribution is 5.07. The van der Waals surface area contributed by atoms with Crippen molar-refractivity contribution in [2.45, 2.75) is 53.9 Å². The standard InChI is InChI=1S/C9H12N2.C2H6.CH4/c1-8-2-3-9(6-8,7-11)4-5-10;1-2;/h8H,2-4,6H2,1H3;1-2H3;1H4. The van der Waals surface area contributed by atoms with Gasteiger partial charge >= 0.3 is 0 Å². The molecule has 0 amide bonds. The fraction of sp³-hybridized carbons (Fsp3) is 0.833. The third-order valence-corrected chi connectivity index (χ3v) is 2.51. The van der Waals surface area contributed by atoms with Gasteiger partial charge in [0.15, 0.2) is 0 Å². The summed E-state index contributed by atoms with van der Waals surface area (Å²) in [6.45, 7) is 6.15.